The lowest BCUT2D eigenvalue weighted by Gasteiger charge is -2.17. The predicted molar refractivity (Wildman–Crippen MR) is 89.8 cm³/mol. The van der Waals surface area contributed by atoms with Gasteiger partial charge in [-0.3, -0.25) is 4.98 Å². The third kappa shape index (κ3) is 2.50. The van der Waals surface area contributed by atoms with Gasteiger partial charge < -0.3 is 5.32 Å². The van der Waals surface area contributed by atoms with Crippen molar-refractivity contribution in [1.29, 1.82) is 0 Å². The Morgan fingerprint density at radius 1 is 1.25 bits per heavy atom. The van der Waals surface area contributed by atoms with Crippen molar-refractivity contribution in [3.8, 4) is 0 Å². The summed E-state index contributed by atoms with van der Waals surface area (Å²) in [4.78, 5) is 4.85. The molecule has 106 valence electrons. The summed E-state index contributed by atoms with van der Waals surface area (Å²) in [5.74, 6) is -0.184. The van der Waals surface area contributed by atoms with Crippen LogP contribution < -0.4 is 5.32 Å². The smallest absolute Gasteiger partial charge is 0.125 e. The highest BCUT2D eigenvalue weighted by Crippen LogP contribution is 2.34. The Bertz CT molecular complexity index is 655. The number of aryl methyl sites for hydroxylation is 1. The molecule has 20 heavy (non-hydrogen) atoms. The van der Waals surface area contributed by atoms with E-state index in [4.69, 9.17) is 4.98 Å². The van der Waals surface area contributed by atoms with E-state index in [1.54, 1.807) is 12.1 Å². The number of fused-ring (bicyclic) bond motifs is 2. The molecule has 2 aromatic rings. The van der Waals surface area contributed by atoms with E-state index in [1.165, 1.54) is 30.5 Å². The van der Waals surface area contributed by atoms with Crippen LogP contribution in [0.2, 0.25) is 0 Å². The molecule has 0 atom stereocenters. The molecule has 0 bridgehead atoms. The van der Waals surface area contributed by atoms with Crippen molar-refractivity contribution >= 4 is 39.2 Å². The fourth-order valence-electron chi connectivity index (χ4n) is 3.01. The lowest BCUT2D eigenvalue weighted by atomic mass is 10.0. The van der Waals surface area contributed by atoms with Gasteiger partial charge in [-0.1, -0.05) is 6.42 Å². The first-order valence-corrected chi connectivity index (χ1v) is 8.33. The zero-order chi connectivity index (χ0) is 14.1. The summed E-state index contributed by atoms with van der Waals surface area (Å²) < 4.78 is 14.7. The molecule has 1 aromatic heterocycles. The van der Waals surface area contributed by atoms with E-state index in [2.05, 4.69) is 34.8 Å². The van der Waals surface area contributed by atoms with Crippen LogP contribution in [-0.2, 0) is 12.8 Å². The fourth-order valence-corrected chi connectivity index (χ4v) is 3.71. The lowest BCUT2D eigenvalue weighted by Crippen LogP contribution is -2.07. The summed E-state index contributed by atoms with van der Waals surface area (Å²) in [7, 11) is 0. The van der Waals surface area contributed by atoms with Crippen molar-refractivity contribution in [2.45, 2.75) is 39.0 Å². The molecular formula is C16H18FIN2. The van der Waals surface area contributed by atoms with Gasteiger partial charge in [0.25, 0.3) is 0 Å². The van der Waals surface area contributed by atoms with E-state index in [0.29, 0.717) is 0 Å². The molecule has 0 aliphatic heterocycles. The van der Waals surface area contributed by atoms with Gasteiger partial charge in [0.1, 0.15) is 5.82 Å². The van der Waals surface area contributed by atoms with E-state index in [1.807, 2.05) is 0 Å². The van der Waals surface area contributed by atoms with Gasteiger partial charge in [-0.2, -0.15) is 0 Å². The Hall–Kier alpha value is -0.910. The molecule has 0 saturated carbocycles. The fraction of sp³-hybridized carbons (Fsp3) is 0.438. The van der Waals surface area contributed by atoms with Crippen molar-refractivity contribution in [3.05, 3.63) is 32.8 Å². The topological polar surface area (TPSA) is 24.9 Å². The predicted octanol–water partition coefficient (Wildman–Crippen LogP) is 4.68. The van der Waals surface area contributed by atoms with E-state index in [0.717, 1.165) is 39.5 Å². The van der Waals surface area contributed by atoms with Crippen molar-refractivity contribution in [3.63, 3.8) is 0 Å². The van der Waals surface area contributed by atoms with E-state index < -0.39 is 0 Å². The molecule has 0 saturated heterocycles. The zero-order valence-corrected chi connectivity index (χ0v) is 13.8. The van der Waals surface area contributed by atoms with Gasteiger partial charge in [-0.25, -0.2) is 4.39 Å². The maximum atomic E-state index is 13.8. The summed E-state index contributed by atoms with van der Waals surface area (Å²) in [6.45, 7) is 2.93. The van der Waals surface area contributed by atoms with Crippen LogP contribution in [-0.4, -0.2) is 11.5 Å². The maximum absolute atomic E-state index is 13.8. The number of hydrogen-bond donors (Lipinski definition) is 1. The highest BCUT2D eigenvalue weighted by atomic mass is 127. The summed E-state index contributed by atoms with van der Waals surface area (Å²) in [6.07, 6.45) is 5.74. The first-order valence-electron chi connectivity index (χ1n) is 7.25. The minimum Gasteiger partial charge on any atom is -0.384 e. The van der Waals surface area contributed by atoms with Crippen LogP contribution in [0.3, 0.4) is 0 Å². The highest BCUT2D eigenvalue weighted by molar-refractivity contribution is 14.1. The molecule has 1 aromatic carbocycles. The normalized spacial score (nSPS) is 14.9. The first kappa shape index (κ1) is 14.0. The van der Waals surface area contributed by atoms with Gasteiger partial charge in [-0.15, -0.1) is 0 Å². The minimum atomic E-state index is -0.184. The number of halogens is 2. The Morgan fingerprint density at radius 3 is 2.85 bits per heavy atom. The van der Waals surface area contributed by atoms with Crippen LogP contribution in [0.15, 0.2) is 12.1 Å². The average Bonchev–Trinajstić information content (AvgIpc) is 2.65. The maximum Gasteiger partial charge on any atom is 0.125 e. The van der Waals surface area contributed by atoms with Crippen LogP contribution >= 0.6 is 22.6 Å². The lowest BCUT2D eigenvalue weighted by molar-refractivity contribution is 0.628. The third-order valence-electron chi connectivity index (χ3n) is 3.89. The Balaban J connectivity index is 2.33. The summed E-state index contributed by atoms with van der Waals surface area (Å²) >= 11 is 2.18. The molecule has 1 N–H and O–H groups in total. The molecule has 2 nitrogen and oxygen atoms in total. The molecule has 0 amide bonds. The van der Waals surface area contributed by atoms with E-state index in [-0.39, 0.29) is 5.82 Å². The van der Waals surface area contributed by atoms with Gasteiger partial charge in [0.05, 0.1) is 5.52 Å². The van der Waals surface area contributed by atoms with E-state index in [9.17, 15) is 4.39 Å². The molecule has 0 unspecified atom stereocenters. The Labute approximate surface area is 132 Å². The Kier molecular flexibility index (Phi) is 4.10. The van der Waals surface area contributed by atoms with Crippen LogP contribution in [0.5, 0.6) is 0 Å². The number of benzene rings is 1. The number of aromatic nitrogens is 1. The number of nitrogens with zero attached hydrogens (tertiary/aromatic N) is 1. The van der Waals surface area contributed by atoms with Crippen LogP contribution in [0.25, 0.3) is 10.9 Å². The van der Waals surface area contributed by atoms with Crippen molar-refractivity contribution in [2.75, 3.05) is 11.9 Å². The van der Waals surface area contributed by atoms with Crippen molar-refractivity contribution in [2.24, 2.45) is 0 Å². The monoisotopic (exact) mass is 384 g/mol. The summed E-state index contributed by atoms with van der Waals surface area (Å²) in [6, 6.07) is 3.18. The number of pyridine rings is 1. The molecular weight excluding hydrogens is 366 g/mol. The van der Waals surface area contributed by atoms with Gasteiger partial charge in [0.15, 0.2) is 0 Å². The number of nitrogens with one attached hydrogen (secondary N) is 1. The number of hydrogen-bond acceptors (Lipinski definition) is 2. The molecule has 0 fully saturated rings. The van der Waals surface area contributed by atoms with Crippen molar-refractivity contribution in [1.82, 2.24) is 4.98 Å². The third-order valence-corrected chi connectivity index (χ3v) is 4.71. The van der Waals surface area contributed by atoms with Crippen LogP contribution in [0.1, 0.15) is 37.4 Å². The molecule has 1 heterocycles. The van der Waals surface area contributed by atoms with Crippen LogP contribution in [0.4, 0.5) is 10.1 Å². The summed E-state index contributed by atoms with van der Waals surface area (Å²) in [5, 5.41) is 4.38. The number of rotatable bonds is 2. The Morgan fingerprint density at radius 2 is 2.05 bits per heavy atom. The second kappa shape index (κ2) is 5.84. The zero-order valence-electron chi connectivity index (χ0n) is 11.6. The summed E-state index contributed by atoms with van der Waals surface area (Å²) in [5.41, 5.74) is 4.55. The molecule has 1 aliphatic rings. The molecule has 0 spiro atoms. The molecule has 3 rings (SSSR count). The van der Waals surface area contributed by atoms with E-state index >= 15 is 0 Å². The largest absolute Gasteiger partial charge is 0.384 e. The average molecular weight is 384 g/mol. The standard InChI is InChI=1S/C16H18FIN2/c1-2-19-15-11-6-4-3-5-7-14(11)20-16-12(15)8-10(17)9-13(16)18/h8-9H,2-7H2,1H3,(H,19,20). The molecule has 1 aliphatic carbocycles. The second-order valence-corrected chi connectivity index (χ2v) is 6.45. The van der Waals surface area contributed by atoms with Gasteiger partial charge in [0.2, 0.25) is 0 Å². The quantitative estimate of drug-likeness (QED) is 0.601. The molecule has 0 radical (unpaired) electrons. The van der Waals surface area contributed by atoms with Gasteiger partial charge in [-0.05, 0) is 72.9 Å². The number of anilines is 1. The second-order valence-electron chi connectivity index (χ2n) is 5.29. The van der Waals surface area contributed by atoms with Crippen molar-refractivity contribution < 1.29 is 4.39 Å². The SMILES string of the molecule is CCNc1c2c(nc3c(I)cc(F)cc13)CCCCC2. The highest BCUT2D eigenvalue weighted by Gasteiger charge is 2.18. The first-order chi connectivity index (χ1) is 9.70. The minimum absolute atomic E-state index is 0.184. The van der Waals surface area contributed by atoms with Gasteiger partial charge in [0, 0.05) is 26.9 Å². The van der Waals surface area contributed by atoms with Crippen LogP contribution in [0, 0.1) is 9.39 Å². The molecule has 4 heteroatoms. The van der Waals surface area contributed by atoms with Gasteiger partial charge >= 0.3 is 0 Å².